The number of nitrogen functional groups attached to an aromatic ring is 1. The Balaban J connectivity index is 2.30. The fourth-order valence-corrected chi connectivity index (χ4v) is 1.17. The van der Waals surface area contributed by atoms with Crippen molar-refractivity contribution in [2.45, 2.75) is 6.18 Å². The number of benzene rings is 1. The normalized spacial score (nSPS) is 11.5. The average molecular weight is 244 g/mol. The molecule has 0 aliphatic carbocycles. The summed E-state index contributed by atoms with van der Waals surface area (Å²) in [5.74, 6) is 3.66. The zero-order chi connectivity index (χ0) is 12.5. The molecule has 1 aromatic carbocycles. The number of nitrogens with one attached hydrogen (secondary N) is 1. The van der Waals surface area contributed by atoms with Gasteiger partial charge in [0.1, 0.15) is 0 Å². The van der Waals surface area contributed by atoms with Gasteiger partial charge in [-0.25, -0.2) is 0 Å². The minimum atomic E-state index is -4.63. The summed E-state index contributed by atoms with van der Waals surface area (Å²) in [5.41, 5.74) is 3.42. The van der Waals surface area contributed by atoms with E-state index < -0.39 is 12.1 Å². The minimum absolute atomic E-state index is 0.124. The molecule has 0 aliphatic heterocycles. The Bertz CT molecular complexity index is 506. The highest BCUT2D eigenvalue weighted by Gasteiger charge is 2.38. The predicted octanol–water partition coefficient (Wildman–Crippen LogP) is 2.04. The molecule has 3 N–H and O–H groups in total. The number of anilines is 1. The molecule has 0 amide bonds. The van der Waals surface area contributed by atoms with E-state index in [1.165, 1.54) is 12.1 Å². The van der Waals surface area contributed by atoms with Gasteiger partial charge in [-0.2, -0.15) is 18.2 Å². The fourth-order valence-electron chi connectivity index (χ4n) is 1.17. The number of alkyl halides is 3. The standard InChI is InChI=1S/C9H7F3N4O/c10-9(11,12)8-14-7(16-17-8)5-1-3-6(15-13)4-2-5/h1-4,15H,13H2. The van der Waals surface area contributed by atoms with Crippen LogP contribution in [0.4, 0.5) is 18.9 Å². The minimum Gasteiger partial charge on any atom is -0.329 e. The van der Waals surface area contributed by atoms with Crippen molar-refractivity contribution in [2.75, 3.05) is 5.43 Å². The maximum Gasteiger partial charge on any atom is 0.471 e. The number of hydrazine groups is 1. The molecule has 1 aromatic heterocycles. The number of nitrogens with two attached hydrogens (primary N) is 1. The molecule has 0 unspecified atom stereocenters. The van der Waals surface area contributed by atoms with Crippen molar-refractivity contribution in [2.24, 2.45) is 5.84 Å². The number of halogens is 3. The second-order valence-corrected chi connectivity index (χ2v) is 3.14. The molecule has 0 fully saturated rings. The van der Waals surface area contributed by atoms with Gasteiger partial charge in [-0.1, -0.05) is 5.16 Å². The van der Waals surface area contributed by atoms with Gasteiger partial charge in [-0.15, -0.1) is 0 Å². The van der Waals surface area contributed by atoms with E-state index in [0.29, 0.717) is 11.3 Å². The Morgan fingerprint density at radius 3 is 2.29 bits per heavy atom. The van der Waals surface area contributed by atoms with Gasteiger partial charge < -0.3 is 9.95 Å². The largest absolute Gasteiger partial charge is 0.471 e. The van der Waals surface area contributed by atoms with Crippen molar-refractivity contribution in [3.8, 4) is 11.4 Å². The molecule has 0 spiro atoms. The van der Waals surface area contributed by atoms with Gasteiger partial charge >= 0.3 is 12.1 Å². The predicted molar refractivity (Wildman–Crippen MR) is 52.5 cm³/mol. The third-order valence-corrected chi connectivity index (χ3v) is 1.98. The smallest absolute Gasteiger partial charge is 0.329 e. The lowest BCUT2D eigenvalue weighted by Crippen LogP contribution is -2.06. The number of hydrogen-bond donors (Lipinski definition) is 2. The van der Waals surface area contributed by atoms with Crippen LogP contribution in [0.15, 0.2) is 28.8 Å². The Morgan fingerprint density at radius 1 is 1.18 bits per heavy atom. The molecular formula is C9H7F3N4O. The summed E-state index contributed by atoms with van der Waals surface area (Å²) in [4.78, 5) is 3.25. The van der Waals surface area contributed by atoms with Gasteiger partial charge in [0, 0.05) is 11.3 Å². The van der Waals surface area contributed by atoms with Crippen molar-refractivity contribution >= 4 is 5.69 Å². The molecule has 2 aromatic rings. The first kappa shape index (κ1) is 11.4. The first-order valence-corrected chi connectivity index (χ1v) is 4.48. The van der Waals surface area contributed by atoms with Crippen LogP contribution in [0.25, 0.3) is 11.4 Å². The number of hydrogen-bond acceptors (Lipinski definition) is 5. The average Bonchev–Trinajstić information content (AvgIpc) is 2.78. The molecule has 0 atom stereocenters. The Kier molecular flexibility index (Phi) is 2.72. The summed E-state index contributed by atoms with van der Waals surface area (Å²) >= 11 is 0. The molecule has 1 heterocycles. The first-order chi connectivity index (χ1) is 8.00. The summed E-state index contributed by atoms with van der Waals surface area (Å²) in [6.45, 7) is 0. The number of aromatic nitrogens is 2. The van der Waals surface area contributed by atoms with Crippen LogP contribution in [0.2, 0.25) is 0 Å². The van der Waals surface area contributed by atoms with Crippen LogP contribution in [-0.2, 0) is 6.18 Å². The third kappa shape index (κ3) is 2.36. The molecule has 8 heteroatoms. The summed E-state index contributed by atoms with van der Waals surface area (Å²) in [5, 5.41) is 3.25. The highest BCUT2D eigenvalue weighted by molar-refractivity contribution is 5.58. The Morgan fingerprint density at radius 2 is 1.82 bits per heavy atom. The second kappa shape index (κ2) is 4.06. The highest BCUT2D eigenvalue weighted by atomic mass is 19.4. The van der Waals surface area contributed by atoms with Crippen molar-refractivity contribution in [3.63, 3.8) is 0 Å². The molecule has 0 saturated carbocycles. The van der Waals surface area contributed by atoms with E-state index >= 15 is 0 Å². The van der Waals surface area contributed by atoms with Crippen LogP contribution >= 0.6 is 0 Å². The zero-order valence-corrected chi connectivity index (χ0v) is 8.32. The van der Waals surface area contributed by atoms with Crippen LogP contribution < -0.4 is 11.3 Å². The van der Waals surface area contributed by atoms with Crippen LogP contribution in [0.1, 0.15) is 5.89 Å². The molecule has 0 bridgehead atoms. The topological polar surface area (TPSA) is 77.0 Å². The van der Waals surface area contributed by atoms with Crippen molar-refractivity contribution in [1.29, 1.82) is 0 Å². The lowest BCUT2D eigenvalue weighted by Gasteiger charge is -1.99. The van der Waals surface area contributed by atoms with Crippen LogP contribution in [0.5, 0.6) is 0 Å². The summed E-state index contributed by atoms with van der Waals surface area (Å²) in [6, 6.07) is 6.22. The van der Waals surface area contributed by atoms with Gasteiger partial charge in [0.15, 0.2) is 0 Å². The van der Waals surface area contributed by atoms with E-state index in [2.05, 4.69) is 20.1 Å². The number of rotatable bonds is 2. The summed E-state index contributed by atoms with van der Waals surface area (Å²) < 4.78 is 40.8. The molecule has 0 saturated heterocycles. The molecule has 2 rings (SSSR count). The summed E-state index contributed by atoms with van der Waals surface area (Å²) in [7, 11) is 0. The lowest BCUT2D eigenvalue weighted by molar-refractivity contribution is -0.159. The van der Waals surface area contributed by atoms with E-state index in [1.54, 1.807) is 12.1 Å². The lowest BCUT2D eigenvalue weighted by atomic mass is 10.2. The van der Waals surface area contributed by atoms with Crippen molar-refractivity contribution in [3.05, 3.63) is 30.2 Å². The molecule has 0 radical (unpaired) electrons. The SMILES string of the molecule is NNc1ccc(-c2noc(C(F)(F)F)n2)cc1. The Labute approximate surface area is 93.4 Å². The van der Waals surface area contributed by atoms with Gasteiger partial charge in [0.25, 0.3) is 0 Å². The van der Waals surface area contributed by atoms with Crippen LogP contribution in [-0.4, -0.2) is 10.1 Å². The van der Waals surface area contributed by atoms with Crippen LogP contribution in [0.3, 0.4) is 0 Å². The van der Waals surface area contributed by atoms with E-state index in [9.17, 15) is 13.2 Å². The van der Waals surface area contributed by atoms with E-state index in [-0.39, 0.29) is 5.82 Å². The molecule has 90 valence electrons. The van der Waals surface area contributed by atoms with Gasteiger partial charge in [0.2, 0.25) is 5.82 Å². The van der Waals surface area contributed by atoms with E-state index in [4.69, 9.17) is 5.84 Å². The van der Waals surface area contributed by atoms with E-state index in [0.717, 1.165) is 0 Å². The van der Waals surface area contributed by atoms with Crippen molar-refractivity contribution in [1.82, 2.24) is 10.1 Å². The number of nitrogens with zero attached hydrogens (tertiary/aromatic N) is 2. The Hall–Kier alpha value is -2.09. The van der Waals surface area contributed by atoms with Gasteiger partial charge in [0.05, 0.1) is 0 Å². The maximum atomic E-state index is 12.2. The van der Waals surface area contributed by atoms with Gasteiger partial charge in [-0.3, -0.25) is 5.84 Å². The van der Waals surface area contributed by atoms with Gasteiger partial charge in [-0.05, 0) is 24.3 Å². The van der Waals surface area contributed by atoms with Crippen molar-refractivity contribution < 1.29 is 17.7 Å². The van der Waals surface area contributed by atoms with E-state index in [1.807, 2.05) is 0 Å². The highest BCUT2D eigenvalue weighted by Crippen LogP contribution is 2.29. The van der Waals surface area contributed by atoms with Crippen LogP contribution in [0, 0.1) is 0 Å². The monoisotopic (exact) mass is 244 g/mol. The summed E-state index contributed by atoms with van der Waals surface area (Å²) in [6.07, 6.45) is -4.63. The first-order valence-electron chi connectivity index (χ1n) is 4.48. The quantitative estimate of drug-likeness (QED) is 0.624. The molecular weight excluding hydrogens is 237 g/mol. The molecule has 5 nitrogen and oxygen atoms in total. The molecule has 17 heavy (non-hydrogen) atoms. The zero-order valence-electron chi connectivity index (χ0n) is 8.32. The maximum absolute atomic E-state index is 12.2. The molecule has 0 aliphatic rings. The fraction of sp³-hybridized carbons (Fsp3) is 0.111. The second-order valence-electron chi connectivity index (χ2n) is 3.14. The third-order valence-electron chi connectivity index (χ3n) is 1.98.